The first-order valence-electron chi connectivity index (χ1n) is 10.7. The fourth-order valence-corrected chi connectivity index (χ4v) is 4.19. The molecule has 1 N–H and O–H groups in total. The predicted molar refractivity (Wildman–Crippen MR) is 121 cm³/mol. The highest BCUT2D eigenvalue weighted by atomic mass is 16.7. The monoisotopic (exact) mass is 445 g/mol. The second kappa shape index (κ2) is 8.26. The summed E-state index contributed by atoms with van der Waals surface area (Å²) >= 11 is 0. The van der Waals surface area contributed by atoms with Crippen molar-refractivity contribution in [2.75, 3.05) is 24.8 Å². The Morgan fingerprint density at radius 1 is 1.06 bits per heavy atom. The third-order valence-corrected chi connectivity index (χ3v) is 5.95. The van der Waals surface area contributed by atoms with Crippen molar-refractivity contribution in [3.63, 3.8) is 0 Å². The van der Waals surface area contributed by atoms with E-state index in [-0.39, 0.29) is 32.1 Å². The minimum Gasteiger partial charge on any atom is -0.492 e. The summed E-state index contributed by atoms with van der Waals surface area (Å²) in [6.45, 7) is 2.58. The number of nitrogens with zero attached hydrogens (tertiary/aromatic N) is 1. The van der Waals surface area contributed by atoms with E-state index in [0.717, 1.165) is 5.56 Å². The van der Waals surface area contributed by atoms with Gasteiger partial charge in [-0.1, -0.05) is 35.9 Å². The molecule has 0 fully saturated rings. The molecule has 0 aliphatic carbocycles. The van der Waals surface area contributed by atoms with Crippen LogP contribution in [0.1, 0.15) is 27.9 Å². The van der Waals surface area contributed by atoms with Gasteiger partial charge in [-0.15, -0.1) is 0 Å². The second-order valence-corrected chi connectivity index (χ2v) is 8.16. The van der Waals surface area contributed by atoms with E-state index in [1.54, 1.807) is 42.5 Å². The maximum Gasteiger partial charge on any atom is 0.264 e. The summed E-state index contributed by atoms with van der Waals surface area (Å²) in [6.07, 6.45) is -0.377. The lowest BCUT2D eigenvalue weighted by atomic mass is 9.88. The number of amides is 1. The second-order valence-electron chi connectivity index (χ2n) is 8.16. The summed E-state index contributed by atoms with van der Waals surface area (Å²) in [4.78, 5) is 27.9. The van der Waals surface area contributed by atoms with Gasteiger partial charge in [-0.3, -0.25) is 9.59 Å². The molecule has 1 amide bonds. The van der Waals surface area contributed by atoms with Crippen LogP contribution in [0, 0.1) is 6.92 Å². The SMILES string of the molecule is Cc1ccc(OCCN2C(=O)C(O)(CC(=O)c3ccc4c(c3)OCO4)c3ccccc32)cc1. The van der Waals surface area contributed by atoms with Crippen LogP contribution in [-0.2, 0) is 10.4 Å². The number of rotatable bonds is 7. The fraction of sp³-hybridized carbons (Fsp3) is 0.231. The summed E-state index contributed by atoms with van der Waals surface area (Å²) in [5.74, 6) is 0.837. The van der Waals surface area contributed by atoms with Crippen LogP contribution in [0.2, 0.25) is 0 Å². The maximum atomic E-state index is 13.3. The van der Waals surface area contributed by atoms with Gasteiger partial charge in [0.05, 0.1) is 18.7 Å². The number of fused-ring (bicyclic) bond motifs is 2. The molecular weight excluding hydrogens is 422 g/mol. The number of benzene rings is 3. The van der Waals surface area contributed by atoms with E-state index in [0.29, 0.717) is 34.1 Å². The molecule has 0 radical (unpaired) electrons. The molecule has 0 saturated heterocycles. The molecule has 0 spiro atoms. The molecule has 3 aromatic carbocycles. The molecule has 0 bridgehead atoms. The largest absolute Gasteiger partial charge is 0.492 e. The number of hydrogen-bond acceptors (Lipinski definition) is 6. The summed E-state index contributed by atoms with van der Waals surface area (Å²) in [6, 6.07) is 19.5. The van der Waals surface area contributed by atoms with Crippen LogP contribution >= 0.6 is 0 Å². The Kier molecular flexibility index (Phi) is 5.26. The van der Waals surface area contributed by atoms with E-state index >= 15 is 0 Å². The van der Waals surface area contributed by atoms with Gasteiger partial charge in [0.25, 0.3) is 5.91 Å². The zero-order valence-corrected chi connectivity index (χ0v) is 18.1. The highest BCUT2D eigenvalue weighted by molar-refractivity contribution is 6.10. The standard InChI is InChI=1S/C26H23NO6/c1-17-6-9-19(10-7-17)31-13-12-27-21-5-3-2-4-20(21)26(30,25(27)29)15-22(28)18-8-11-23-24(14-18)33-16-32-23/h2-11,14,30H,12-13,15-16H2,1H3. The number of anilines is 1. The molecular formula is C26H23NO6. The molecule has 0 saturated carbocycles. The fourth-order valence-electron chi connectivity index (χ4n) is 4.19. The molecule has 2 aliphatic heterocycles. The summed E-state index contributed by atoms with van der Waals surface area (Å²) < 4.78 is 16.4. The normalized spacial score (nSPS) is 18.4. The van der Waals surface area contributed by atoms with Crippen molar-refractivity contribution in [2.24, 2.45) is 0 Å². The van der Waals surface area contributed by atoms with Gasteiger partial charge in [0.2, 0.25) is 6.79 Å². The van der Waals surface area contributed by atoms with E-state index in [9.17, 15) is 14.7 Å². The first-order chi connectivity index (χ1) is 16.0. The van der Waals surface area contributed by atoms with Crippen LogP contribution in [0.3, 0.4) is 0 Å². The van der Waals surface area contributed by atoms with Crippen LogP contribution in [0.5, 0.6) is 17.2 Å². The maximum absolute atomic E-state index is 13.3. The number of carbonyl (C=O) groups excluding carboxylic acids is 2. The highest BCUT2D eigenvalue weighted by Crippen LogP contribution is 2.43. The molecule has 5 rings (SSSR count). The van der Waals surface area contributed by atoms with Crippen molar-refractivity contribution in [1.82, 2.24) is 0 Å². The Morgan fingerprint density at radius 3 is 2.64 bits per heavy atom. The molecule has 168 valence electrons. The number of ketones is 1. The number of Topliss-reactive ketones (excluding diaryl/α,β-unsaturated/α-hetero) is 1. The number of hydrogen-bond donors (Lipinski definition) is 1. The van der Waals surface area contributed by atoms with Crippen molar-refractivity contribution < 1.29 is 28.9 Å². The lowest BCUT2D eigenvalue weighted by Gasteiger charge is -2.23. The lowest BCUT2D eigenvalue weighted by molar-refractivity contribution is -0.135. The first-order valence-corrected chi connectivity index (χ1v) is 10.7. The summed E-state index contributed by atoms with van der Waals surface area (Å²) in [5.41, 5.74) is 0.520. The van der Waals surface area contributed by atoms with Crippen LogP contribution < -0.4 is 19.1 Å². The number of para-hydroxylation sites is 1. The van der Waals surface area contributed by atoms with Gasteiger partial charge in [-0.25, -0.2) is 0 Å². The number of aryl methyl sites for hydroxylation is 1. The molecule has 33 heavy (non-hydrogen) atoms. The van der Waals surface area contributed by atoms with Crippen molar-refractivity contribution in [1.29, 1.82) is 0 Å². The quantitative estimate of drug-likeness (QED) is 0.560. The zero-order chi connectivity index (χ0) is 23.0. The number of ether oxygens (including phenoxy) is 3. The van der Waals surface area contributed by atoms with Gasteiger partial charge in [-0.2, -0.15) is 0 Å². The highest BCUT2D eigenvalue weighted by Gasteiger charge is 2.50. The Bertz CT molecular complexity index is 1220. The Morgan fingerprint density at radius 2 is 1.82 bits per heavy atom. The van der Waals surface area contributed by atoms with Crippen molar-refractivity contribution >= 4 is 17.4 Å². The molecule has 1 atom stereocenters. The molecule has 7 heteroatoms. The topological polar surface area (TPSA) is 85.3 Å². The molecule has 2 heterocycles. The minimum atomic E-state index is -1.95. The van der Waals surface area contributed by atoms with Gasteiger partial charge in [0.15, 0.2) is 22.9 Å². The predicted octanol–water partition coefficient (Wildman–Crippen LogP) is 3.61. The smallest absolute Gasteiger partial charge is 0.264 e. The number of carbonyl (C=O) groups is 2. The van der Waals surface area contributed by atoms with Crippen LogP contribution in [0.25, 0.3) is 0 Å². The third-order valence-electron chi connectivity index (χ3n) is 5.95. The third kappa shape index (κ3) is 3.81. The van der Waals surface area contributed by atoms with Crippen LogP contribution in [0.15, 0.2) is 66.7 Å². The zero-order valence-electron chi connectivity index (χ0n) is 18.1. The van der Waals surface area contributed by atoms with Gasteiger partial charge in [-0.05, 0) is 43.3 Å². The molecule has 0 aromatic heterocycles. The molecule has 3 aromatic rings. The average Bonchev–Trinajstić information content (AvgIpc) is 3.37. The van der Waals surface area contributed by atoms with E-state index in [1.165, 1.54) is 4.90 Å². The van der Waals surface area contributed by atoms with E-state index < -0.39 is 11.5 Å². The number of aliphatic hydroxyl groups is 1. The molecule has 2 aliphatic rings. The first kappa shape index (κ1) is 21.0. The van der Waals surface area contributed by atoms with Crippen LogP contribution in [0.4, 0.5) is 5.69 Å². The van der Waals surface area contributed by atoms with Gasteiger partial charge in [0.1, 0.15) is 12.4 Å². The van der Waals surface area contributed by atoms with Crippen molar-refractivity contribution in [3.8, 4) is 17.2 Å². The van der Waals surface area contributed by atoms with Crippen LogP contribution in [-0.4, -0.2) is 36.7 Å². The summed E-state index contributed by atoms with van der Waals surface area (Å²) in [7, 11) is 0. The Balaban J connectivity index is 1.34. The minimum absolute atomic E-state index is 0.0996. The van der Waals surface area contributed by atoms with Gasteiger partial charge < -0.3 is 24.2 Å². The molecule has 1 unspecified atom stereocenters. The van der Waals surface area contributed by atoms with Crippen molar-refractivity contribution in [2.45, 2.75) is 18.9 Å². The van der Waals surface area contributed by atoms with E-state index in [2.05, 4.69) is 0 Å². The lowest BCUT2D eigenvalue weighted by Crippen LogP contribution is -2.43. The average molecular weight is 445 g/mol. The van der Waals surface area contributed by atoms with Gasteiger partial charge in [0, 0.05) is 11.1 Å². The van der Waals surface area contributed by atoms with E-state index in [4.69, 9.17) is 14.2 Å². The Labute approximate surface area is 191 Å². The van der Waals surface area contributed by atoms with Gasteiger partial charge >= 0.3 is 0 Å². The summed E-state index contributed by atoms with van der Waals surface area (Å²) in [5, 5.41) is 11.4. The van der Waals surface area contributed by atoms with E-state index in [1.807, 2.05) is 31.2 Å². The van der Waals surface area contributed by atoms with Crippen molar-refractivity contribution in [3.05, 3.63) is 83.4 Å². The molecule has 7 nitrogen and oxygen atoms in total. The Hall–Kier alpha value is -3.84.